The first-order valence-corrected chi connectivity index (χ1v) is 7.35. The largest absolute Gasteiger partial charge is 0.388 e. The highest BCUT2D eigenvalue weighted by atomic mass is 16.1. The first-order chi connectivity index (χ1) is 9.29. The summed E-state index contributed by atoms with van der Waals surface area (Å²) in [5.74, 6) is 0.852. The first-order valence-electron chi connectivity index (χ1n) is 7.35. The summed E-state index contributed by atoms with van der Waals surface area (Å²) >= 11 is 0. The molecule has 1 aliphatic carbocycles. The highest BCUT2D eigenvalue weighted by Crippen LogP contribution is 2.25. The molecule has 1 fully saturated rings. The van der Waals surface area contributed by atoms with Gasteiger partial charge in [-0.25, -0.2) is 0 Å². The third-order valence-corrected chi connectivity index (χ3v) is 3.98. The van der Waals surface area contributed by atoms with Crippen LogP contribution in [-0.4, -0.2) is 19.5 Å². The number of carbonyl (C=O) groups is 1. The average Bonchev–Trinajstić information content (AvgIpc) is 2.48. The summed E-state index contributed by atoms with van der Waals surface area (Å²) in [7, 11) is 1.86. The Morgan fingerprint density at radius 2 is 2.05 bits per heavy atom. The summed E-state index contributed by atoms with van der Waals surface area (Å²) in [5.41, 5.74) is 1.70. The SMILES string of the molecule is CNc1cccc(C(=O)NCCC2CCCCC2)c1. The van der Waals surface area contributed by atoms with Crippen molar-refractivity contribution in [1.82, 2.24) is 5.32 Å². The van der Waals surface area contributed by atoms with E-state index in [1.54, 1.807) is 0 Å². The molecule has 1 saturated carbocycles. The zero-order valence-corrected chi connectivity index (χ0v) is 11.7. The molecule has 1 aromatic carbocycles. The van der Waals surface area contributed by atoms with Crippen LogP contribution in [0.5, 0.6) is 0 Å². The Bertz CT molecular complexity index is 411. The van der Waals surface area contributed by atoms with Crippen molar-refractivity contribution in [2.24, 2.45) is 5.92 Å². The lowest BCUT2D eigenvalue weighted by Crippen LogP contribution is -2.26. The van der Waals surface area contributed by atoms with Crippen molar-refractivity contribution in [3.05, 3.63) is 29.8 Å². The van der Waals surface area contributed by atoms with Crippen LogP contribution >= 0.6 is 0 Å². The van der Waals surface area contributed by atoms with Crippen molar-refractivity contribution in [2.45, 2.75) is 38.5 Å². The van der Waals surface area contributed by atoms with Gasteiger partial charge in [-0.1, -0.05) is 38.2 Å². The van der Waals surface area contributed by atoms with Crippen LogP contribution in [0.4, 0.5) is 5.69 Å². The van der Waals surface area contributed by atoms with Crippen molar-refractivity contribution in [2.75, 3.05) is 18.9 Å². The second-order valence-electron chi connectivity index (χ2n) is 5.38. The zero-order chi connectivity index (χ0) is 13.5. The fraction of sp³-hybridized carbons (Fsp3) is 0.562. The molecule has 3 heteroatoms. The molecule has 1 amide bonds. The van der Waals surface area contributed by atoms with Crippen LogP contribution < -0.4 is 10.6 Å². The summed E-state index contributed by atoms with van der Waals surface area (Å²) in [4.78, 5) is 12.0. The van der Waals surface area contributed by atoms with Gasteiger partial charge in [0, 0.05) is 24.8 Å². The van der Waals surface area contributed by atoms with Gasteiger partial charge in [-0.05, 0) is 30.5 Å². The van der Waals surface area contributed by atoms with Crippen molar-refractivity contribution >= 4 is 11.6 Å². The Morgan fingerprint density at radius 3 is 2.79 bits per heavy atom. The van der Waals surface area contributed by atoms with E-state index in [2.05, 4.69) is 10.6 Å². The van der Waals surface area contributed by atoms with E-state index in [4.69, 9.17) is 0 Å². The van der Waals surface area contributed by atoms with E-state index in [-0.39, 0.29) is 5.91 Å². The Hall–Kier alpha value is -1.51. The Kier molecular flexibility index (Phi) is 5.25. The third-order valence-electron chi connectivity index (χ3n) is 3.98. The van der Waals surface area contributed by atoms with Gasteiger partial charge >= 0.3 is 0 Å². The van der Waals surface area contributed by atoms with E-state index in [1.807, 2.05) is 31.3 Å². The van der Waals surface area contributed by atoms with E-state index in [0.29, 0.717) is 0 Å². The number of benzene rings is 1. The molecule has 104 valence electrons. The lowest BCUT2D eigenvalue weighted by molar-refractivity contribution is 0.0950. The van der Waals surface area contributed by atoms with Gasteiger partial charge in [0.2, 0.25) is 0 Å². The normalized spacial score (nSPS) is 16.1. The quantitative estimate of drug-likeness (QED) is 0.851. The smallest absolute Gasteiger partial charge is 0.251 e. The number of carbonyl (C=O) groups excluding carboxylic acids is 1. The molecule has 0 radical (unpaired) electrons. The van der Waals surface area contributed by atoms with Gasteiger partial charge in [0.25, 0.3) is 5.91 Å². The zero-order valence-electron chi connectivity index (χ0n) is 11.7. The van der Waals surface area contributed by atoms with E-state index < -0.39 is 0 Å². The lowest BCUT2D eigenvalue weighted by atomic mass is 9.87. The van der Waals surface area contributed by atoms with E-state index in [0.717, 1.165) is 30.1 Å². The molecule has 0 unspecified atom stereocenters. The molecule has 1 aliphatic rings. The van der Waals surface area contributed by atoms with Gasteiger partial charge in [-0.2, -0.15) is 0 Å². The maximum atomic E-state index is 12.0. The number of nitrogens with one attached hydrogen (secondary N) is 2. The first kappa shape index (κ1) is 13.9. The summed E-state index contributed by atoms with van der Waals surface area (Å²) in [6, 6.07) is 7.60. The average molecular weight is 260 g/mol. The molecular weight excluding hydrogens is 236 g/mol. The maximum Gasteiger partial charge on any atom is 0.251 e. The van der Waals surface area contributed by atoms with E-state index in [9.17, 15) is 4.79 Å². The van der Waals surface area contributed by atoms with Crippen molar-refractivity contribution in [1.29, 1.82) is 0 Å². The molecule has 19 heavy (non-hydrogen) atoms. The summed E-state index contributed by atoms with van der Waals surface area (Å²) in [6.07, 6.45) is 7.92. The van der Waals surface area contributed by atoms with Crippen molar-refractivity contribution in [3.63, 3.8) is 0 Å². The summed E-state index contributed by atoms with van der Waals surface area (Å²) in [6.45, 7) is 0.799. The maximum absolute atomic E-state index is 12.0. The molecule has 0 spiro atoms. The molecule has 2 N–H and O–H groups in total. The number of rotatable bonds is 5. The van der Waals surface area contributed by atoms with Gasteiger partial charge in [-0.3, -0.25) is 4.79 Å². The highest BCUT2D eigenvalue weighted by Gasteiger charge is 2.13. The molecule has 2 rings (SSSR count). The summed E-state index contributed by atoms with van der Waals surface area (Å²) < 4.78 is 0. The monoisotopic (exact) mass is 260 g/mol. The second-order valence-corrected chi connectivity index (χ2v) is 5.38. The predicted octanol–water partition coefficient (Wildman–Crippen LogP) is 3.43. The number of amides is 1. The van der Waals surface area contributed by atoms with Crippen LogP contribution in [-0.2, 0) is 0 Å². The molecule has 0 aromatic heterocycles. The molecule has 0 saturated heterocycles. The van der Waals surface area contributed by atoms with Crippen LogP contribution in [0.1, 0.15) is 48.9 Å². The van der Waals surface area contributed by atoms with E-state index in [1.165, 1.54) is 32.1 Å². The van der Waals surface area contributed by atoms with Gasteiger partial charge < -0.3 is 10.6 Å². The van der Waals surface area contributed by atoms with Crippen LogP contribution in [0.25, 0.3) is 0 Å². The molecular formula is C16H24N2O. The molecule has 0 atom stereocenters. The minimum absolute atomic E-state index is 0.0351. The van der Waals surface area contributed by atoms with Crippen molar-refractivity contribution < 1.29 is 4.79 Å². The molecule has 0 heterocycles. The predicted molar refractivity (Wildman–Crippen MR) is 79.5 cm³/mol. The fourth-order valence-corrected chi connectivity index (χ4v) is 2.78. The van der Waals surface area contributed by atoms with Crippen molar-refractivity contribution in [3.8, 4) is 0 Å². The standard InChI is InChI=1S/C16H24N2O/c1-17-15-9-5-8-14(12-15)16(19)18-11-10-13-6-3-2-4-7-13/h5,8-9,12-13,17H,2-4,6-7,10-11H2,1H3,(H,18,19). The fourth-order valence-electron chi connectivity index (χ4n) is 2.78. The number of hydrogen-bond acceptors (Lipinski definition) is 2. The van der Waals surface area contributed by atoms with Crippen LogP contribution in [0, 0.1) is 5.92 Å². The lowest BCUT2D eigenvalue weighted by Gasteiger charge is -2.21. The van der Waals surface area contributed by atoms with Crippen LogP contribution in [0.3, 0.4) is 0 Å². The Morgan fingerprint density at radius 1 is 1.26 bits per heavy atom. The Balaban J connectivity index is 1.77. The molecule has 3 nitrogen and oxygen atoms in total. The topological polar surface area (TPSA) is 41.1 Å². The summed E-state index contributed by atoms with van der Waals surface area (Å²) in [5, 5.41) is 6.08. The molecule has 0 bridgehead atoms. The van der Waals surface area contributed by atoms with Gasteiger partial charge in [0.1, 0.15) is 0 Å². The van der Waals surface area contributed by atoms with Gasteiger partial charge in [0.05, 0.1) is 0 Å². The minimum atomic E-state index is 0.0351. The van der Waals surface area contributed by atoms with Gasteiger partial charge in [0.15, 0.2) is 0 Å². The van der Waals surface area contributed by atoms with E-state index >= 15 is 0 Å². The highest BCUT2D eigenvalue weighted by molar-refractivity contribution is 5.95. The van der Waals surface area contributed by atoms with Crippen LogP contribution in [0.2, 0.25) is 0 Å². The minimum Gasteiger partial charge on any atom is -0.388 e. The van der Waals surface area contributed by atoms with Gasteiger partial charge in [-0.15, -0.1) is 0 Å². The number of hydrogen-bond donors (Lipinski definition) is 2. The van der Waals surface area contributed by atoms with Crippen LogP contribution in [0.15, 0.2) is 24.3 Å². The third kappa shape index (κ3) is 4.27. The molecule has 0 aliphatic heterocycles. The second kappa shape index (κ2) is 7.17. The molecule has 1 aromatic rings. The number of anilines is 1. The Labute approximate surface area is 115 Å².